The third-order valence-corrected chi connectivity index (χ3v) is 4.94. The van der Waals surface area contributed by atoms with Gasteiger partial charge < -0.3 is 25.1 Å². The SMILES string of the molecule is COc1ccc(N2C(=N)c3ccoc3NC2c2ccc(Cl)c(C(N)=O)c2)cc1. The zero-order valence-corrected chi connectivity index (χ0v) is 15.7. The first kappa shape index (κ1) is 17.9. The fourth-order valence-corrected chi connectivity index (χ4v) is 3.42. The van der Waals surface area contributed by atoms with Crippen LogP contribution in [0.4, 0.5) is 11.6 Å². The molecule has 1 atom stereocenters. The molecule has 1 unspecified atom stereocenters. The summed E-state index contributed by atoms with van der Waals surface area (Å²) in [6.07, 6.45) is 1.02. The highest BCUT2D eigenvalue weighted by Gasteiger charge is 2.34. The number of nitrogens with zero attached hydrogens (tertiary/aromatic N) is 1. The van der Waals surface area contributed by atoms with Crippen LogP contribution in [0.2, 0.25) is 5.02 Å². The zero-order chi connectivity index (χ0) is 19.8. The molecule has 1 aliphatic rings. The predicted octanol–water partition coefficient (Wildman–Crippen LogP) is 4.00. The number of primary amides is 1. The van der Waals surface area contributed by atoms with Gasteiger partial charge in [0, 0.05) is 5.69 Å². The molecule has 3 aromatic rings. The molecule has 0 aliphatic carbocycles. The Balaban J connectivity index is 1.84. The molecule has 4 N–H and O–H groups in total. The molecule has 1 amide bonds. The molecule has 8 heteroatoms. The van der Waals surface area contributed by atoms with Gasteiger partial charge in [-0.3, -0.25) is 10.2 Å². The van der Waals surface area contributed by atoms with E-state index in [0.717, 1.165) is 5.69 Å². The van der Waals surface area contributed by atoms with Crippen LogP contribution in [-0.2, 0) is 0 Å². The second-order valence-electron chi connectivity index (χ2n) is 6.23. The summed E-state index contributed by atoms with van der Waals surface area (Å²) in [6.45, 7) is 0. The summed E-state index contributed by atoms with van der Waals surface area (Å²) in [5.41, 5.74) is 7.77. The second-order valence-corrected chi connectivity index (χ2v) is 6.64. The Labute approximate surface area is 166 Å². The van der Waals surface area contributed by atoms with Crippen molar-refractivity contribution in [2.75, 3.05) is 17.3 Å². The van der Waals surface area contributed by atoms with Gasteiger partial charge in [0.25, 0.3) is 0 Å². The van der Waals surface area contributed by atoms with Gasteiger partial charge in [0.05, 0.1) is 29.5 Å². The maximum atomic E-state index is 11.7. The largest absolute Gasteiger partial charge is 0.497 e. The summed E-state index contributed by atoms with van der Waals surface area (Å²) < 4.78 is 10.7. The average Bonchev–Trinajstić information content (AvgIpc) is 3.17. The third-order valence-electron chi connectivity index (χ3n) is 4.61. The molecular formula is C20H17ClN4O3. The molecule has 1 aromatic heterocycles. The number of nitrogens with one attached hydrogen (secondary N) is 2. The number of amidine groups is 1. The van der Waals surface area contributed by atoms with Crippen LogP contribution >= 0.6 is 11.6 Å². The van der Waals surface area contributed by atoms with Crippen molar-refractivity contribution < 1.29 is 13.9 Å². The van der Waals surface area contributed by atoms with Gasteiger partial charge in [-0.25, -0.2) is 0 Å². The van der Waals surface area contributed by atoms with Gasteiger partial charge in [0.15, 0.2) is 0 Å². The summed E-state index contributed by atoms with van der Waals surface area (Å²) in [5.74, 6) is 0.833. The number of ether oxygens (including phenoxy) is 1. The van der Waals surface area contributed by atoms with E-state index in [1.54, 1.807) is 36.3 Å². The summed E-state index contributed by atoms with van der Waals surface area (Å²) >= 11 is 6.10. The minimum Gasteiger partial charge on any atom is -0.497 e. The van der Waals surface area contributed by atoms with Crippen LogP contribution in [-0.4, -0.2) is 18.9 Å². The lowest BCUT2D eigenvalue weighted by molar-refractivity contribution is 0.100. The fourth-order valence-electron chi connectivity index (χ4n) is 3.21. The summed E-state index contributed by atoms with van der Waals surface area (Å²) in [5, 5.41) is 12.3. The van der Waals surface area contributed by atoms with Crippen LogP contribution < -0.4 is 20.7 Å². The highest BCUT2D eigenvalue weighted by atomic mass is 35.5. The Hall–Kier alpha value is -3.45. The van der Waals surface area contributed by atoms with Crippen molar-refractivity contribution in [3.8, 4) is 5.75 Å². The smallest absolute Gasteiger partial charge is 0.250 e. The molecule has 142 valence electrons. The van der Waals surface area contributed by atoms with Crippen molar-refractivity contribution in [2.45, 2.75) is 6.17 Å². The summed E-state index contributed by atoms with van der Waals surface area (Å²) in [4.78, 5) is 13.5. The number of anilines is 2. The third kappa shape index (κ3) is 2.95. The molecule has 2 heterocycles. The zero-order valence-electron chi connectivity index (χ0n) is 14.9. The van der Waals surface area contributed by atoms with E-state index in [4.69, 9.17) is 31.9 Å². The highest BCUT2D eigenvalue weighted by molar-refractivity contribution is 6.33. The lowest BCUT2D eigenvalue weighted by Gasteiger charge is -2.38. The van der Waals surface area contributed by atoms with Crippen LogP contribution in [0.5, 0.6) is 5.75 Å². The number of amides is 1. The quantitative estimate of drug-likeness (QED) is 0.618. The van der Waals surface area contributed by atoms with Crippen LogP contribution in [0.15, 0.2) is 59.2 Å². The molecule has 2 aromatic carbocycles. The number of furan rings is 1. The summed E-state index contributed by atoms with van der Waals surface area (Å²) in [7, 11) is 1.60. The lowest BCUT2D eigenvalue weighted by atomic mass is 10.0. The van der Waals surface area contributed by atoms with E-state index < -0.39 is 12.1 Å². The predicted molar refractivity (Wildman–Crippen MR) is 107 cm³/mol. The molecule has 0 fully saturated rings. The van der Waals surface area contributed by atoms with Gasteiger partial charge in [0.2, 0.25) is 11.8 Å². The summed E-state index contributed by atoms with van der Waals surface area (Å²) in [6, 6.07) is 14.1. The number of fused-ring (bicyclic) bond motifs is 1. The Bertz CT molecular complexity index is 1060. The van der Waals surface area contributed by atoms with E-state index in [2.05, 4.69) is 5.32 Å². The van der Waals surface area contributed by atoms with Crippen LogP contribution in [0.3, 0.4) is 0 Å². The van der Waals surface area contributed by atoms with E-state index in [0.29, 0.717) is 22.8 Å². The van der Waals surface area contributed by atoms with Gasteiger partial charge in [-0.2, -0.15) is 0 Å². The van der Waals surface area contributed by atoms with Crippen molar-refractivity contribution in [3.05, 3.63) is 76.5 Å². The van der Waals surface area contributed by atoms with E-state index >= 15 is 0 Å². The van der Waals surface area contributed by atoms with Crippen LogP contribution in [0.25, 0.3) is 0 Å². The van der Waals surface area contributed by atoms with Gasteiger partial charge in [-0.1, -0.05) is 17.7 Å². The number of carbonyl (C=O) groups is 1. The molecule has 7 nitrogen and oxygen atoms in total. The molecule has 1 aliphatic heterocycles. The number of hydrogen-bond donors (Lipinski definition) is 3. The maximum Gasteiger partial charge on any atom is 0.250 e. The maximum absolute atomic E-state index is 11.7. The number of carbonyl (C=O) groups excluding carboxylic acids is 1. The van der Waals surface area contributed by atoms with Crippen molar-refractivity contribution in [3.63, 3.8) is 0 Å². The Kier molecular flexibility index (Phi) is 4.44. The lowest BCUT2D eigenvalue weighted by Crippen LogP contribution is -2.42. The first-order valence-electron chi connectivity index (χ1n) is 8.45. The first-order valence-corrected chi connectivity index (χ1v) is 8.83. The second kappa shape index (κ2) is 6.94. The molecule has 0 bridgehead atoms. The minimum atomic E-state index is -0.618. The molecule has 0 saturated carbocycles. The van der Waals surface area contributed by atoms with Gasteiger partial charge in [0.1, 0.15) is 17.8 Å². The van der Waals surface area contributed by atoms with Crippen molar-refractivity contribution >= 4 is 34.9 Å². The normalized spacial score (nSPS) is 15.7. The molecule has 0 radical (unpaired) electrons. The van der Waals surface area contributed by atoms with Gasteiger partial charge in [-0.05, 0) is 48.0 Å². The van der Waals surface area contributed by atoms with Gasteiger partial charge >= 0.3 is 0 Å². The standard InChI is InChI=1S/C20H17ClN4O3/c1-27-13-5-3-12(4-6-13)25-17(22)14-8-9-28-20(14)24-19(25)11-2-7-16(21)15(10-11)18(23)26/h2-10,19,22,24H,1H3,(H2,23,26). The topological polar surface area (TPSA) is 105 Å². The van der Waals surface area contributed by atoms with Gasteiger partial charge in [-0.15, -0.1) is 0 Å². The highest BCUT2D eigenvalue weighted by Crippen LogP contribution is 2.38. The van der Waals surface area contributed by atoms with E-state index in [-0.39, 0.29) is 16.4 Å². The minimum absolute atomic E-state index is 0.215. The number of methoxy groups -OCH3 is 1. The Morgan fingerprint density at radius 3 is 2.68 bits per heavy atom. The number of hydrogen-bond acceptors (Lipinski definition) is 5. The number of rotatable bonds is 4. The molecular weight excluding hydrogens is 380 g/mol. The van der Waals surface area contributed by atoms with Crippen molar-refractivity contribution in [1.82, 2.24) is 0 Å². The monoisotopic (exact) mass is 396 g/mol. The van der Waals surface area contributed by atoms with Crippen molar-refractivity contribution in [1.29, 1.82) is 5.41 Å². The molecule has 4 rings (SSSR count). The number of benzene rings is 2. The number of nitrogens with two attached hydrogens (primary N) is 1. The average molecular weight is 397 g/mol. The number of halogens is 1. The molecule has 0 spiro atoms. The molecule has 28 heavy (non-hydrogen) atoms. The fraction of sp³-hybridized carbons (Fsp3) is 0.100. The Morgan fingerprint density at radius 1 is 1.25 bits per heavy atom. The Morgan fingerprint density at radius 2 is 2.00 bits per heavy atom. The van der Waals surface area contributed by atoms with E-state index in [1.165, 1.54) is 6.26 Å². The molecule has 0 saturated heterocycles. The van der Waals surface area contributed by atoms with Crippen LogP contribution in [0, 0.1) is 5.41 Å². The first-order chi connectivity index (χ1) is 13.5. The van der Waals surface area contributed by atoms with Crippen molar-refractivity contribution in [2.24, 2.45) is 5.73 Å². The van der Waals surface area contributed by atoms with E-state index in [9.17, 15) is 4.79 Å². The van der Waals surface area contributed by atoms with E-state index in [1.807, 2.05) is 24.3 Å². The van der Waals surface area contributed by atoms with Crippen LogP contribution in [0.1, 0.15) is 27.7 Å².